The highest BCUT2D eigenvalue weighted by molar-refractivity contribution is 6.08. The van der Waals surface area contributed by atoms with E-state index in [1.54, 1.807) is 0 Å². The van der Waals surface area contributed by atoms with Crippen molar-refractivity contribution in [2.45, 2.75) is 12.5 Å². The van der Waals surface area contributed by atoms with Crippen molar-refractivity contribution in [3.05, 3.63) is 65.5 Å². The maximum atomic E-state index is 13.4. The normalized spacial score (nSPS) is 11.5. The number of anilines is 1. The predicted octanol–water partition coefficient (Wildman–Crippen LogP) is 5.54. The van der Waals surface area contributed by atoms with Crippen LogP contribution in [0.25, 0.3) is 0 Å². The van der Waals surface area contributed by atoms with Gasteiger partial charge in [-0.3, -0.25) is 4.79 Å². The zero-order valence-electron chi connectivity index (χ0n) is 19.2. The van der Waals surface area contributed by atoms with Crippen molar-refractivity contribution in [1.29, 1.82) is 0 Å². The van der Waals surface area contributed by atoms with E-state index >= 15 is 0 Å². The van der Waals surface area contributed by atoms with Crippen molar-refractivity contribution in [3.8, 4) is 28.7 Å². The van der Waals surface area contributed by atoms with Gasteiger partial charge in [0.25, 0.3) is 5.91 Å². The summed E-state index contributed by atoms with van der Waals surface area (Å²) >= 11 is 0. The lowest BCUT2D eigenvalue weighted by Gasteiger charge is -2.18. The average Bonchev–Trinajstić information content (AvgIpc) is 2.82. The zero-order chi connectivity index (χ0) is 28.3. The van der Waals surface area contributed by atoms with Gasteiger partial charge in [0.05, 0.1) is 19.8 Å². The second kappa shape index (κ2) is 10.7. The van der Waals surface area contributed by atoms with Gasteiger partial charge in [0.2, 0.25) is 0 Å². The Bertz CT molecular complexity index is 1360. The fourth-order valence-electron chi connectivity index (χ4n) is 3.07. The van der Waals surface area contributed by atoms with Gasteiger partial charge in [-0.05, 0) is 36.4 Å². The highest BCUT2D eigenvalue weighted by Crippen LogP contribution is 2.44. The second-order valence-corrected chi connectivity index (χ2v) is 7.17. The Hall–Kier alpha value is -4.69. The van der Waals surface area contributed by atoms with E-state index in [0.717, 1.165) is 50.7 Å². The van der Waals surface area contributed by atoms with Crippen molar-refractivity contribution < 1.29 is 60.0 Å². The van der Waals surface area contributed by atoms with E-state index in [-0.39, 0.29) is 22.9 Å². The third-order valence-electron chi connectivity index (χ3n) is 4.67. The number of ether oxygens (including phenoxy) is 4. The standard InChI is InChI=1S/C23H16F6N2O7/c1-35-17-10-12(38-23(27,28)29)3-5-15(17)37-16-6-4-13(22(24,25)26)19(32)18(16)20(33)31-11-7-8-30-14(9-11)21(34)36-2/h3-10,32H,1-2H3,(H,30,31,33). The van der Waals surface area contributed by atoms with Crippen LogP contribution < -0.4 is 19.5 Å². The number of nitrogens with one attached hydrogen (secondary N) is 1. The van der Waals surface area contributed by atoms with E-state index in [4.69, 9.17) is 9.47 Å². The first-order valence-electron chi connectivity index (χ1n) is 10.1. The number of carbonyl (C=O) groups excluding carboxylic acids is 2. The number of phenolic OH excluding ortho intramolecular Hbond substituents is 1. The summed E-state index contributed by atoms with van der Waals surface area (Å²) in [6.07, 6.45) is -8.97. The molecule has 0 saturated carbocycles. The third kappa shape index (κ3) is 6.54. The molecule has 9 nitrogen and oxygen atoms in total. The van der Waals surface area contributed by atoms with E-state index < -0.39 is 52.8 Å². The number of hydrogen-bond acceptors (Lipinski definition) is 8. The van der Waals surface area contributed by atoms with E-state index in [1.165, 1.54) is 6.07 Å². The molecule has 0 unspecified atom stereocenters. The van der Waals surface area contributed by atoms with Crippen molar-refractivity contribution in [2.75, 3.05) is 19.5 Å². The molecule has 2 N–H and O–H groups in total. The minimum atomic E-state index is -5.07. The molecule has 1 heterocycles. The number of benzene rings is 2. The molecule has 15 heteroatoms. The van der Waals surface area contributed by atoms with Crippen LogP contribution in [0.15, 0.2) is 48.7 Å². The number of nitrogens with zero attached hydrogens (tertiary/aromatic N) is 1. The Morgan fingerprint density at radius 3 is 2.21 bits per heavy atom. The SMILES string of the molecule is COC(=O)c1cc(NC(=O)c2c(Oc3ccc(OC(F)(F)F)cc3OC)ccc(C(F)(F)F)c2O)ccn1. The monoisotopic (exact) mass is 546 g/mol. The summed E-state index contributed by atoms with van der Waals surface area (Å²) in [5.74, 6) is -5.61. The number of carbonyl (C=O) groups is 2. The number of alkyl halides is 6. The first kappa shape index (κ1) is 27.9. The fraction of sp³-hybridized carbons (Fsp3) is 0.174. The third-order valence-corrected chi connectivity index (χ3v) is 4.67. The molecule has 0 radical (unpaired) electrons. The molecule has 0 bridgehead atoms. The Morgan fingerprint density at radius 1 is 0.921 bits per heavy atom. The summed E-state index contributed by atoms with van der Waals surface area (Å²) in [4.78, 5) is 28.4. The van der Waals surface area contributed by atoms with Gasteiger partial charge >= 0.3 is 18.5 Å². The fourth-order valence-corrected chi connectivity index (χ4v) is 3.07. The Balaban J connectivity index is 2.04. The first-order valence-corrected chi connectivity index (χ1v) is 10.1. The van der Waals surface area contributed by atoms with Crippen LogP contribution in [0, 0.1) is 0 Å². The zero-order valence-corrected chi connectivity index (χ0v) is 19.2. The van der Waals surface area contributed by atoms with Crippen LogP contribution in [0.4, 0.5) is 32.0 Å². The molecule has 0 atom stereocenters. The Morgan fingerprint density at radius 2 is 1.61 bits per heavy atom. The quantitative estimate of drug-likeness (QED) is 0.293. The van der Waals surface area contributed by atoms with Gasteiger partial charge in [-0.15, -0.1) is 13.2 Å². The number of aromatic nitrogens is 1. The number of methoxy groups -OCH3 is 2. The number of amides is 1. The topological polar surface area (TPSA) is 116 Å². The number of pyridine rings is 1. The maximum absolute atomic E-state index is 13.4. The summed E-state index contributed by atoms with van der Waals surface area (Å²) in [5.41, 5.74) is -2.88. The van der Waals surface area contributed by atoms with Crippen LogP contribution in [0.2, 0.25) is 0 Å². The molecule has 0 spiro atoms. The van der Waals surface area contributed by atoms with E-state index in [2.05, 4.69) is 19.8 Å². The molecule has 1 amide bonds. The molecule has 2 aromatic carbocycles. The van der Waals surface area contributed by atoms with Crippen LogP contribution in [0.5, 0.6) is 28.7 Å². The molecular weight excluding hydrogens is 530 g/mol. The summed E-state index contributed by atoms with van der Waals surface area (Å²) < 4.78 is 96.6. The van der Waals surface area contributed by atoms with Gasteiger partial charge in [-0.2, -0.15) is 13.2 Å². The van der Waals surface area contributed by atoms with Crippen molar-refractivity contribution in [3.63, 3.8) is 0 Å². The van der Waals surface area contributed by atoms with E-state index in [0.29, 0.717) is 6.07 Å². The molecule has 0 saturated heterocycles. The lowest BCUT2D eigenvalue weighted by atomic mass is 10.1. The van der Waals surface area contributed by atoms with Gasteiger partial charge in [0, 0.05) is 18.0 Å². The lowest BCUT2D eigenvalue weighted by Crippen LogP contribution is -2.17. The van der Waals surface area contributed by atoms with Crippen molar-refractivity contribution >= 4 is 17.6 Å². The molecule has 0 aliphatic carbocycles. The minimum Gasteiger partial charge on any atom is -0.506 e. The number of rotatable bonds is 7. The van der Waals surface area contributed by atoms with Crippen molar-refractivity contribution in [2.24, 2.45) is 0 Å². The predicted molar refractivity (Wildman–Crippen MR) is 116 cm³/mol. The summed E-state index contributed by atoms with van der Waals surface area (Å²) in [6, 6.07) is 6.01. The molecule has 1 aromatic heterocycles. The molecule has 3 aromatic rings. The van der Waals surface area contributed by atoms with Gasteiger partial charge < -0.3 is 29.4 Å². The highest BCUT2D eigenvalue weighted by atomic mass is 19.4. The van der Waals surface area contributed by atoms with E-state index in [9.17, 15) is 41.0 Å². The van der Waals surface area contributed by atoms with Crippen LogP contribution >= 0.6 is 0 Å². The summed E-state index contributed by atoms with van der Waals surface area (Å²) in [6.45, 7) is 0. The molecule has 0 fully saturated rings. The van der Waals surface area contributed by atoms with Crippen LogP contribution in [-0.2, 0) is 10.9 Å². The van der Waals surface area contributed by atoms with Gasteiger partial charge in [0.1, 0.15) is 28.5 Å². The van der Waals surface area contributed by atoms with Crippen LogP contribution in [-0.4, -0.2) is 42.5 Å². The Kier molecular flexibility index (Phi) is 7.88. The van der Waals surface area contributed by atoms with Crippen LogP contribution in [0.1, 0.15) is 26.4 Å². The van der Waals surface area contributed by atoms with Crippen molar-refractivity contribution in [1.82, 2.24) is 4.98 Å². The molecule has 3 rings (SSSR count). The number of halogens is 6. The molecule has 202 valence electrons. The largest absolute Gasteiger partial charge is 0.573 e. The minimum absolute atomic E-state index is 0.0978. The Labute approximate surface area is 209 Å². The average molecular weight is 546 g/mol. The van der Waals surface area contributed by atoms with Gasteiger partial charge in [-0.25, -0.2) is 9.78 Å². The second-order valence-electron chi connectivity index (χ2n) is 7.17. The number of hydrogen-bond donors (Lipinski definition) is 2. The lowest BCUT2D eigenvalue weighted by molar-refractivity contribution is -0.274. The number of phenols is 1. The molecule has 0 aliphatic heterocycles. The van der Waals surface area contributed by atoms with Crippen LogP contribution in [0.3, 0.4) is 0 Å². The molecular formula is C23H16F6N2O7. The highest BCUT2D eigenvalue weighted by Gasteiger charge is 2.37. The van der Waals surface area contributed by atoms with Gasteiger partial charge in [0.15, 0.2) is 11.5 Å². The number of esters is 1. The summed E-state index contributed by atoms with van der Waals surface area (Å²) in [5, 5.41) is 12.6. The van der Waals surface area contributed by atoms with Gasteiger partial charge in [-0.1, -0.05) is 0 Å². The maximum Gasteiger partial charge on any atom is 0.573 e. The summed E-state index contributed by atoms with van der Waals surface area (Å²) in [7, 11) is 2.15. The molecule has 0 aliphatic rings. The van der Waals surface area contributed by atoms with E-state index in [1.807, 2.05) is 0 Å². The smallest absolute Gasteiger partial charge is 0.506 e. The molecule has 38 heavy (non-hydrogen) atoms. The number of aromatic hydroxyl groups is 1. The first-order chi connectivity index (χ1) is 17.7.